The summed E-state index contributed by atoms with van der Waals surface area (Å²) in [7, 11) is 0. The van der Waals surface area contributed by atoms with Crippen molar-refractivity contribution in [3.8, 4) is 0 Å². The minimum absolute atomic E-state index is 0.00722. The number of carbonyl (C=O) groups is 1. The summed E-state index contributed by atoms with van der Waals surface area (Å²) in [4.78, 5) is 35.6. The van der Waals surface area contributed by atoms with Gasteiger partial charge in [-0.15, -0.1) is 0 Å². The molecule has 1 aliphatic heterocycles. The Hall–Kier alpha value is -3.20. The van der Waals surface area contributed by atoms with E-state index in [9.17, 15) is 9.59 Å². The topological polar surface area (TPSA) is 112 Å². The maximum Gasteiger partial charge on any atom is 0.349 e. The van der Waals surface area contributed by atoms with Crippen molar-refractivity contribution in [2.75, 3.05) is 13.2 Å². The number of carbonyl (C=O) groups excluding carboxylic acids is 1. The average Bonchev–Trinajstić information content (AvgIpc) is 3.42. The third kappa shape index (κ3) is 4.29. The molecule has 0 N–H and O–H groups in total. The molecule has 4 rings (SSSR count). The highest BCUT2D eigenvalue weighted by molar-refractivity contribution is 5.95. The normalized spacial score (nSPS) is 14.8. The van der Waals surface area contributed by atoms with E-state index in [4.69, 9.17) is 18.0 Å². The Labute approximate surface area is 166 Å². The summed E-state index contributed by atoms with van der Waals surface area (Å²) >= 11 is 0. The predicted molar refractivity (Wildman–Crippen MR) is 99.1 cm³/mol. The van der Waals surface area contributed by atoms with Gasteiger partial charge in [-0.3, -0.25) is 4.79 Å². The summed E-state index contributed by atoms with van der Waals surface area (Å²) < 4.78 is 20.9. The van der Waals surface area contributed by atoms with E-state index in [1.54, 1.807) is 13.0 Å². The minimum Gasteiger partial charge on any atom is -0.451 e. The molecule has 0 aromatic carbocycles. The van der Waals surface area contributed by atoms with Crippen LogP contribution in [0.15, 0.2) is 49.4 Å². The highest BCUT2D eigenvalue weighted by Crippen LogP contribution is 2.27. The van der Waals surface area contributed by atoms with Gasteiger partial charge in [-0.25, -0.2) is 14.8 Å². The highest BCUT2D eigenvalue weighted by atomic mass is 16.5. The first-order chi connectivity index (χ1) is 14.1. The number of nitrogens with zero attached hydrogens (tertiary/aromatic N) is 3. The third-order valence-corrected chi connectivity index (χ3v) is 4.97. The molecule has 9 nitrogen and oxygen atoms in total. The lowest BCUT2D eigenvalue weighted by Crippen LogP contribution is -2.34. The summed E-state index contributed by atoms with van der Waals surface area (Å²) in [5, 5.41) is 0. The van der Waals surface area contributed by atoms with Gasteiger partial charge in [0.25, 0.3) is 5.91 Å². The number of hydrogen-bond acceptors (Lipinski definition) is 8. The Morgan fingerprint density at radius 2 is 1.72 bits per heavy atom. The molecule has 0 radical (unpaired) electrons. The molecule has 0 atom stereocenters. The van der Waals surface area contributed by atoms with Crippen molar-refractivity contribution in [1.29, 1.82) is 0 Å². The van der Waals surface area contributed by atoms with Gasteiger partial charge in [0.15, 0.2) is 12.8 Å². The van der Waals surface area contributed by atoms with Crippen LogP contribution in [0.5, 0.6) is 0 Å². The summed E-state index contributed by atoms with van der Waals surface area (Å²) in [6.07, 6.45) is 7.06. The standard InChI is InChI=1S/C20H21N3O6/c1-13-6-17(14-2-4-26-5-3-14)29-20(25)18(13)19(24)23(7-15-9-27-11-21-15)8-16-10-28-12-22-16/h6,9-12,14H,2-5,7-8H2,1H3. The van der Waals surface area contributed by atoms with Crippen LogP contribution in [0.25, 0.3) is 0 Å². The molecule has 1 aliphatic rings. The van der Waals surface area contributed by atoms with Gasteiger partial charge in [0.1, 0.15) is 23.9 Å². The number of hydrogen-bond donors (Lipinski definition) is 0. The van der Waals surface area contributed by atoms with Crippen LogP contribution in [0.2, 0.25) is 0 Å². The molecule has 1 amide bonds. The molecule has 3 aromatic heterocycles. The number of amides is 1. The van der Waals surface area contributed by atoms with E-state index in [0.29, 0.717) is 35.9 Å². The maximum absolute atomic E-state index is 13.3. The molecular weight excluding hydrogens is 378 g/mol. The second-order valence-corrected chi connectivity index (χ2v) is 7.00. The molecule has 0 saturated carbocycles. The van der Waals surface area contributed by atoms with Gasteiger partial charge in [-0.05, 0) is 31.4 Å². The van der Waals surface area contributed by atoms with E-state index in [-0.39, 0.29) is 24.6 Å². The number of aromatic nitrogens is 2. The van der Waals surface area contributed by atoms with Gasteiger partial charge in [-0.2, -0.15) is 0 Å². The van der Waals surface area contributed by atoms with Crippen LogP contribution < -0.4 is 5.63 Å². The van der Waals surface area contributed by atoms with E-state index in [2.05, 4.69) is 9.97 Å². The van der Waals surface area contributed by atoms with Gasteiger partial charge in [-0.1, -0.05) is 0 Å². The molecule has 9 heteroatoms. The number of rotatable bonds is 6. The van der Waals surface area contributed by atoms with Gasteiger partial charge < -0.3 is 22.9 Å². The van der Waals surface area contributed by atoms with E-state index in [1.165, 1.54) is 30.2 Å². The largest absolute Gasteiger partial charge is 0.451 e. The van der Waals surface area contributed by atoms with Crippen molar-refractivity contribution in [1.82, 2.24) is 14.9 Å². The van der Waals surface area contributed by atoms with Crippen molar-refractivity contribution < 1.29 is 22.8 Å². The summed E-state index contributed by atoms with van der Waals surface area (Å²) in [6, 6.07) is 1.79. The van der Waals surface area contributed by atoms with Crippen LogP contribution in [0.4, 0.5) is 0 Å². The lowest BCUT2D eigenvalue weighted by atomic mass is 9.95. The fraction of sp³-hybridized carbons (Fsp3) is 0.400. The quantitative estimate of drug-likeness (QED) is 0.622. The van der Waals surface area contributed by atoms with Crippen molar-refractivity contribution in [2.45, 2.75) is 38.8 Å². The van der Waals surface area contributed by atoms with Gasteiger partial charge >= 0.3 is 5.63 Å². The zero-order valence-electron chi connectivity index (χ0n) is 16.0. The van der Waals surface area contributed by atoms with E-state index < -0.39 is 11.5 Å². The summed E-state index contributed by atoms with van der Waals surface area (Å²) in [6.45, 7) is 3.33. The fourth-order valence-corrected chi connectivity index (χ4v) is 3.45. The molecule has 4 heterocycles. The lowest BCUT2D eigenvalue weighted by Gasteiger charge is -2.23. The molecular formula is C20H21N3O6. The molecule has 152 valence electrons. The molecule has 0 aliphatic carbocycles. The zero-order valence-corrected chi connectivity index (χ0v) is 16.0. The minimum atomic E-state index is -0.637. The zero-order chi connectivity index (χ0) is 20.2. The van der Waals surface area contributed by atoms with Crippen molar-refractivity contribution in [2.24, 2.45) is 0 Å². The Kier molecular flexibility index (Phi) is 5.57. The second-order valence-electron chi connectivity index (χ2n) is 7.00. The molecule has 1 saturated heterocycles. The Balaban J connectivity index is 1.63. The average molecular weight is 399 g/mol. The molecule has 0 unspecified atom stereocenters. The highest BCUT2D eigenvalue weighted by Gasteiger charge is 2.26. The van der Waals surface area contributed by atoms with E-state index >= 15 is 0 Å². The van der Waals surface area contributed by atoms with Crippen molar-refractivity contribution >= 4 is 5.91 Å². The maximum atomic E-state index is 13.3. The summed E-state index contributed by atoms with van der Waals surface area (Å²) in [5.41, 5.74) is 1.07. The Morgan fingerprint density at radius 1 is 1.10 bits per heavy atom. The van der Waals surface area contributed by atoms with E-state index in [1.807, 2.05) is 0 Å². The van der Waals surface area contributed by atoms with Crippen molar-refractivity contribution in [3.63, 3.8) is 0 Å². The van der Waals surface area contributed by atoms with Crippen LogP contribution in [0, 0.1) is 6.92 Å². The number of ether oxygens (including phenoxy) is 1. The molecule has 0 bridgehead atoms. The molecule has 1 fully saturated rings. The Bertz CT molecular complexity index is 967. The second kappa shape index (κ2) is 8.44. The van der Waals surface area contributed by atoms with Gasteiger partial charge in [0.05, 0.1) is 24.5 Å². The number of aryl methyl sites for hydroxylation is 1. The van der Waals surface area contributed by atoms with Gasteiger partial charge in [0.2, 0.25) is 0 Å². The van der Waals surface area contributed by atoms with Crippen molar-refractivity contribution in [3.05, 3.63) is 70.1 Å². The molecule has 29 heavy (non-hydrogen) atoms. The van der Waals surface area contributed by atoms with E-state index in [0.717, 1.165) is 12.8 Å². The third-order valence-electron chi connectivity index (χ3n) is 4.97. The van der Waals surface area contributed by atoms with Gasteiger partial charge in [0, 0.05) is 19.1 Å². The summed E-state index contributed by atoms with van der Waals surface area (Å²) in [5.74, 6) is 0.272. The van der Waals surface area contributed by atoms with Crippen LogP contribution in [0.3, 0.4) is 0 Å². The van der Waals surface area contributed by atoms with Crippen LogP contribution in [-0.2, 0) is 17.8 Å². The first kappa shape index (κ1) is 19.1. The SMILES string of the molecule is Cc1cc(C2CCOCC2)oc(=O)c1C(=O)N(Cc1cocn1)Cc1cocn1. The van der Waals surface area contributed by atoms with Crippen LogP contribution in [0.1, 0.15) is 51.8 Å². The first-order valence-corrected chi connectivity index (χ1v) is 9.37. The predicted octanol–water partition coefficient (Wildman–Crippen LogP) is 2.66. The monoisotopic (exact) mass is 399 g/mol. The lowest BCUT2D eigenvalue weighted by molar-refractivity contribution is 0.0713. The molecule has 0 spiro atoms. The molecule has 3 aromatic rings. The smallest absolute Gasteiger partial charge is 0.349 e. The number of oxazole rings is 2. The fourth-order valence-electron chi connectivity index (χ4n) is 3.45. The first-order valence-electron chi connectivity index (χ1n) is 9.37. The van der Waals surface area contributed by atoms with Crippen LogP contribution in [-0.4, -0.2) is 34.0 Å². The van der Waals surface area contributed by atoms with Crippen LogP contribution >= 0.6 is 0 Å². The Morgan fingerprint density at radius 3 is 2.24 bits per heavy atom.